The minimum atomic E-state index is -4.49. The van der Waals surface area contributed by atoms with E-state index in [1.54, 1.807) is 78.9 Å². The van der Waals surface area contributed by atoms with Crippen LogP contribution in [0.1, 0.15) is 16.7 Å². The van der Waals surface area contributed by atoms with Crippen LogP contribution < -0.4 is 0 Å². The average Bonchev–Trinajstić information content (AvgIpc) is 2.90. The fourth-order valence-electron chi connectivity index (χ4n) is 2.90. The molecule has 0 aromatic heterocycles. The molecule has 3 aromatic carbocycles. The largest absolute Gasteiger partial charge is 0.488 e. The van der Waals surface area contributed by atoms with Gasteiger partial charge in [0.1, 0.15) is 0 Å². The minimum absolute atomic E-state index is 0.0365. The number of rotatable bonds is 13. The Hall–Kier alpha value is -1.15. The molecule has 2 fully saturated rings. The van der Waals surface area contributed by atoms with Crippen LogP contribution in [0.3, 0.4) is 0 Å². The van der Waals surface area contributed by atoms with Gasteiger partial charge in [-0.25, -0.2) is 39.6 Å². The van der Waals surface area contributed by atoms with Crippen molar-refractivity contribution in [2.24, 2.45) is 0 Å². The fraction of sp³-hybridized carbons (Fsp3) is 0.143. The summed E-state index contributed by atoms with van der Waals surface area (Å²) in [6.45, 7) is -0.259. The van der Waals surface area contributed by atoms with E-state index in [0.29, 0.717) is 5.56 Å². The molecular formula is C21H21O12P5. The Morgan fingerprint density at radius 2 is 0.921 bits per heavy atom. The van der Waals surface area contributed by atoms with E-state index in [1.807, 2.05) is 12.1 Å². The number of benzene rings is 3. The van der Waals surface area contributed by atoms with E-state index in [0.717, 1.165) is 11.1 Å². The summed E-state index contributed by atoms with van der Waals surface area (Å²) < 4.78 is 85.1. The van der Waals surface area contributed by atoms with Gasteiger partial charge in [0.2, 0.25) is 0 Å². The van der Waals surface area contributed by atoms with E-state index in [9.17, 15) is 13.7 Å². The van der Waals surface area contributed by atoms with Crippen molar-refractivity contribution in [2.75, 3.05) is 0 Å². The molecule has 0 amide bonds. The van der Waals surface area contributed by atoms with Crippen molar-refractivity contribution >= 4 is 40.7 Å². The van der Waals surface area contributed by atoms with Gasteiger partial charge in [0.15, 0.2) is 0 Å². The summed E-state index contributed by atoms with van der Waals surface area (Å²) >= 11 is 0. The molecule has 0 unspecified atom stereocenters. The second kappa shape index (κ2) is 12.6. The number of hydrogen-bond donors (Lipinski definition) is 0. The van der Waals surface area contributed by atoms with Gasteiger partial charge in [0.25, 0.3) is 0 Å². The molecule has 2 heterocycles. The Labute approximate surface area is 221 Å². The van der Waals surface area contributed by atoms with E-state index in [4.69, 9.17) is 39.4 Å². The molecule has 2 saturated heterocycles. The topological polar surface area (TPSA) is 134 Å². The van der Waals surface area contributed by atoms with Crippen molar-refractivity contribution in [3.8, 4) is 0 Å². The van der Waals surface area contributed by atoms with Crippen molar-refractivity contribution in [2.45, 2.75) is 19.8 Å². The normalized spacial score (nSPS) is 28.1. The number of phosphoric acid groups is 3. The molecule has 5 rings (SSSR count). The van der Waals surface area contributed by atoms with Crippen molar-refractivity contribution in [3.63, 3.8) is 0 Å². The summed E-state index contributed by atoms with van der Waals surface area (Å²) in [6.07, 6.45) is 0. The molecule has 0 radical (unpaired) electrons. The second-order valence-electron chi connectivity index (χ2n) is 7.56. The smallest absolute Gasteiger partial charge is 0.282 e. The maximum Gasteiger partial charge on any atom is 0.488 e. The summed E-state index contributed by atoms with van der Waals surface area (Å²) in [7, 11) is -17.1. The first kappa shape index (κ1) is 28.4. The van der Waals surface area contributed by atoms with Gasteiger partial charge in [-0.05, 0) is 16.7 Å². The lowest BCUT2D eigenvalue weighted by atomic mass is 10.2. The van der Waals surface area contributed by atoms with Crippen LogP contribution in [0.4, 0.5) is 0 Å². The van der Waals surface area contributed by atoms with Gasteiger partial charge in [-0.3, -0.25) is 13.6 Å². The van der Waals surface area contributed by atoms with Crippen LogP contribution in [-0.4, -0.2) is 0 Å². The molecule has 0 aliphatic carbocycles. The van der Waals surface area contributed by atoms with Crippen LogP contribution in [0, 0.1) is 0 Å². The van der Waals surface area contributed by atoms with Gasteiger partial charge in [0, 0.05) is 0 Å². The predicted octanol–water partition coefficient (Wildman–Crippen LogP) is 8.54. The zero-order valence-electron chi connectivity index (χ0n) is 19.4. The Bertz CT molecular complexity index is 1250. The molecule has 0 bridgehead atoms. The predicted molar refractivity (Wildman–Crippen MR) is 137 cm³/mol. The SMILES string of the molecule is O=P1(OCc2ccccc2)OP(OP(=O)(OCc2ccccc2)OP2OP(=O)(OCc3ccccc3)O2)O1. The van der Waals surface area contributed by atoms with Crippen LogP contribution in [0.5, 0.6) is 0 Å². The first-order chi connectivity index (χ1) is 18.3. The zero-order chi connectivity index (χ0) is 26.5. The van der Waals surface area contributed by atoms with Gasteiger partial charge in [0.05, 0.1) is 19.8 Å². The molecule has 12 nitrogen and oxygen atoms in total. The second-order valence-corrected chi connectivity index (χ2v) is 15.8. The van der Waals surface area contributed by atoms with Crippen molar-refractivity contribution in [1.29, 1.82) is 0 Å². The van der Waals surface area contributed by atoms with Crippen molar-refractivity contribution in [1.82, 2.24) is 0 Å². The first-order valence-corrected chi connectivity index (χ1v) is 17.5. The Morgan fingerprint density at radius 3 is 1.29 bits per heavy atom. The average molecular weight is 620 g/mol. The summed E-state index contributed by atoms with van der Waals surface area (Å²) in [5, 5.41) is 0. The fourth-order valence-corrected chi connectivity index (χ4v) is 10.9. The van der Waals surface area contributed by atoms with E-state index >= 15 is 0 Å². The lowest BCUT2D eigenvalue weighted by Crippen LogP contribution is -2.10. The highest BCUT2D eigenvalue weighted by atomic mass is 31.4. The molecule has 0 spiro atoms. The number of hydrogen-bond acceptors (Lipinski definition) is 12. The standard InChI is InChI=1S/C21H21O12P5/c22-36(25-16-19-10-4-1-5-11-19)28-34(29-36)32-38(24,27-18-21-14-8-3-9-15-21)33-35-30-37(23,31-35)26-17-20-12-6-2-7-13-20/h1-15H,16-18H2. The molecule has 38 heavy (non-hydrogen) atoms. The summed E-state index contributed by atoms with van der Waals surface area (Å²) in [6, 6.07) is 26.7. The van der Waals surface area contributed by atoms with Gasteiger partial charge < -0.3 is 0 Å². The molecule has 2 aliphatic heterocycles. The zero-order valence-corrected chi connectivity index (χ0v) is 23.9. The van der Waals surface area contributed by atoms with E-state index in [1.165, 1.54) is 0 Å². The van der Waals surface area contributed by atoms with E-state index in [-0.39, 0.29) is 19.8 Å². The molecule has 3 aromatic rings. The van der Waals surface area contributed by atoms with E-state index in [2.05, 4.69) is 0 Å². The Kier molecular flexibility index (Phi) is 9.39. The van der Waals surface area contributed by atoms with Gasteiger partial charge in [-0.15, -0.1) is 0 Å². The van der Waals surface area contributed by atoms with Gasteiger partial charge >= 0.3 is 40.7 Å². The molecular weight excluding hydrogens is 599 g/mol. The summed E-state index contributed by atoms with van der Waals surface area (Å²) in [5.74, 6) is 0. The highest BCUT2D eigenvalue weighted by molar-refractivity contribution is 7.78. The van der Waals surface area contributed by atoms with Crippen molar-refractivity contribution in [3.05, 3.63) is 108 Å². The van der Waals surface area contributed by atoms with Crippen LogP contribution in [0.25, 0.3) is 0 Å². The highest BCUT2D eigenvalue weighted by Crippen LogP contribution is 2.86. The van der Waals surface area contributed by atoms with Crippen LogP contribution in [-0.2, 0) is 73.0 Å². The van der Waals surface area contributed by atoms with Gasteiger partial charge in [-0.1, -0.05) is 91.0 Å². The van der Waals surface area contributed by atoms with Crippen LogP contribution in [0.15, 0.2) is 91.0 Å². The quantitative estimate of drug-likeness (QED) is 0.170. The summed E-state index contributed by atoms with van der Waals surface area (Å²) in [4.78, 5) is 0. The molecule has 0 saturated carbocycles. The molecule has 0 N–H and O–H groups in total. The van der Waals surface area contributed by atoms with E-state index < -0.39 is 40.7 Å². The minimum Gasteiger partial charge on any atom is -0.282 e. The maximum absolute atomic E-state index is 13.4. The van der Waals surface area contributed by atoms with Crippen LogP contribution in [0.2, 0.25) is 0 Å². The van der Waals surface area contributed by atoms with Crippen LogP contribution >= 0.6 is 40.7 Å². The molecule has 17 heteroatoms. The third-order valence-corrected chi connectivity index (χ3v) is 14.0. The molecule has 0 atom stereocenters. The lowest BCUT2D eigenvalue weighted by molar-refractivity contribution is 0.124. The maximum atomic E-state index is 13.4. The molecule has 202 valence electrons. The lowest BCUT2D eigenvalue weighted by Gasteiger charge is -2.35. The van der Waals surface area contributed by atoms with Crippen molar-refractivity contribution < 1.29 is 53.1 Å². The monoisotopic (exact) mass is 620 g/mol. The van der Waals surface area contributed by atoms with Gasteiger partial charge in [-0.2, -0.15) is 0 Å². The molecule has 2 aliphatic rings. The third-order valence-electron chi connectivity index (χ3n) is 4.70. The Balaban J connectivity index is 1.15. The third kappa shape index (κ3) is 7.96. The summed E-state index contributed by atoms with van der Waals surface area (Å²) in [5.41, 5.74) is 2.14. The first-order valence-electron chi connectivity index (χ1n) is 10.9. The highest BCUT2D eigenvalue weighted by Gasteiger charge is 2.56. The Morgan fingerprint density at radius 1 is 0.579 bits per heavy atom.